The summed E-state index contributed by atoms with van der Waals surface area (Å²) in [4.78, 5) is 0.655. The molecule has 0 fully saturated rings. The Kier molecular flexibility index (Phi) is 2.77. The van der Waals surface area contributed by atoms with Crippen molar-refractivity contribution in [3.8, 4) is 5.75 Å². The Morgan fingerprint density at radius 3 is 2.83 bits per heavy atom. The highest BCUT2D eigenvalue weighted by Gasteiger charge is 2.10. The first-order chi connectivity index (χ1) is 8.72. The van der Waals surface area contributed by atoms with Crippen LogP contribution in [-0.4, -0.2) is 19.8 Å². The van der Waals surface area contributed by atoms with Crippen molar-refractivity contribution < 1.29 is 4.74 Å². The first-order valence-corrected chi connectivity index (χ1v) is 6.27. The van der Waals surface area contributed by atoms with Crippen LogP contribution >= 0.6 is 22.9 Å². The minimum atomic E-state index is 0.270. The highest BCUT2D eigenvalue weighted by Crippen LogP contribution is 2.18. The maximum Gasteiger partial charge on any atom is 0.236 e. The minimum Gasteiger partial charge on any atom is -0.486 e. The Morgan fingerprint density at radius 2 is 2.06 bits per heavy atom. The summed E-state index contributed by atoms with van der Waals surface area (Å²) in [5.41, 5.74) is 5.59. The smallest absolute Gasteiger partial charge is 0.236 e. The third-order valence-corrected chi connectivity index (χ3v) is 3.23. The van der Waals surface area contributed by atoms with E-state index in [0.717, 1.165) is 0 Å². The van der Waals surface area contributed by atoms with Gasteiger partial charge in [0.25, 0.3) is 0 Å². The second-order valence-electron chi connectivity index (χ2n) is 3.49. The van der Waals surface area contributed by atoms with Gasteiger partial charge in [0.05, 0.1) is 0 Å². The number of hydrogen-bond donors (Lipinski definition) is 1. The molecule has 0 atom stereocenters. The molecule has 0 unspecified atom stereocenters. The number of ether oxygens (including phenoxy) is 1. The average molecular weight is 282 g/mol. The van der Waals surface area contributed by atoms with Crippen LogP contribution in [0.3, 0.4) is 0 Å². The van der Waals surface area contributed by atoms with Gasteiger partial charge in [-0.15, -0.1) is 15.3 Å². The van der Waals surface area contributed by atoms with Gasteiger partial charge >= 0.3 is 0 Å². The molecule has 0 spiro atoms. The van der Waals surface area contributed by atoms with Gasteiger partial charge in [0.15, 0.2) is 5.82 Å². The van der Waals surface area contributed by atoms with Crippen LogP contribution in [0.4, 0.5) is 5.13 Å². The molecule has 0 amide bonds. The van der Waals surface area contributed by atoms with E-state index in [1.54, 1.807) is 28.8 Å². The number of halogens is 1. The summed E-state index contributed by atoms with van der Waals surface area (Å²) in [6.07, 6.45) is 0. The first-order valence-electron chi connectivity index (χ1n) is 5.07. The molecular formula is C10H8ClN5OS. The van der Waals surface area contributed by atoms with Gasteiger partial charge in [-0.05, 0) is 24.3 Å². The monoisotopic (exact) mass is 281 g/mol. The van der Waals surface area contributed by atoms with Gasteiger partial charge in [-0.25, -0.2) is 0 Å². The first kappa shape index (κ1) is 11.2. The van der Waals surface area contributed by atoms with Gasteiger partial charge in [0, 0.05) is 5.02 Å². The standard InChI is InChI=1S/C10H8ClN5OS/c11-6-1-3-7(4-2-6)17-5-8-13-14-10-16(8)15-9(12)18-10/h1-4H,5H2,(H2,12,15). The molecule has 0 aliphatic carbocycles. The molecule has 0 saturated carbocycles. The number of nitrogen functional groups attached to an aromatic ring is 1. The number of rotatable bonds is 3. The maximum atomic E-state index is 5.79. The van der Waals surface area contributed by atoms with Crippen LogP contribution < -0.4 is 10.5 Å². The molecule has 3 aromatic rings. The molecule has 0 saturated heterocycles. The Hall–Kier alpha value is -1.86. The summed E-state index contributed by atoms with van der Waals surface area (Å²) in [5, 5.41) is 13.1. The molecule has 2 aromatic heterocycles. The zero-order valence-electron chi connectivity index (χ0n) is 9.08. The van der Waals surface area contributed by atoms with Crippen molar-refractivity contribution in [2.75, 3.05) is 5.73 Å². The molecule has 3 rings (SSSR count). The fourth-order valence-corrected chi connectivity index (χ4v) is 2.19. The van der Waals surface area contributed by atoms with E-state index in [9.17, 15) is 0 Å². The molecule has 0 bridgehead atoms. The number of benzene rings is 1. The van der Waals surface area contributed by atoms with E-state index < -0.39 is 0 Å². The number of anilines is 1. The molecule has 0 aliphatic rings. The second-order valence-corrected chi connectivity index (χ2v) is 4.92. The maximum absolute atomic E-state index is 5.79. The van der Waals surface area contributed by atoms with Crippen LogP contribution in [0.5, 0.6) is 5.75 Å². The van der Waals surface area contributed by atoms with Gasteiger partial charge in [-0.2, -0.15) is 4.52 Å². The second kappa shape index (κ2) is 4.43. The minimum absolute atomic E-state index is 0.270. The zero-order chi connectivity index (χ0) is 12.5. The van der Waals surface area contributed by atoms with Crippen molar-refractivity contribution in [2.24, 2.45) is 0 Å². The molecule has 1 aromatic carbocycles. The molecule has 92 valence electrons. The topological polar surface area (TPSA) is 78.3 Å². The van der Waals surface area contributed by atoms with Crippen LogP contribution in [-0.2, 0) is 6.61 Å². The van der Waals surface area contributed by atoms with Crippen LogP contribution in [0.25, 0.3) is 4.96 Å². The van der Waals surface area contributed by atoms with E-state index in [2.05, 4.69) is 15.3 Å². The van der Waals surface area contributed by atoms with Gasteiger partial charge in [-0.3, -0.25) is 0 Å². The van der Waals surface area contributed by atoms with Crippen molar-refractivity contribution in [1.29, 1.82) is 0 Å². The van der Waals surface area contributed by atoms with E-state index in [4.69, 9.17) is 22.1 Å². The van der Waals surface area contributed by atoms with Crippen molar-refractivity contribution in [3.63, 3.8) is 0 Å². The van der Waals surface area contributed by atoms with Crippen LogP contribution in [0.2, 0.25) is 5.02 Å². The quantitative estimate of drug-likeness (QED) is 0.794. The Balaban J connectivity index is 1.78. The van der Waals surface area contributed by atoms with E-state index in [1.807, 2.05) is 0 Å². The molecule has 18 heavy (non-hydrogen) atoms. The molecule has 8 heteroatoms. The van der Waals surface area contributed by atoms with Crippen molar-refractivity contribution in [1.82, 2.24) is 19.8 Å². The fraction of sp³-hybridized carbons (Fsp3) is 0.100. The summed E-state index contributed by atoms with van der Waals surface area (Å²) in [6, 6.07) is 7.10. The number of nitrogens with zero attached hydrogens (tertiary/aromatic N) is 4. The van der Waals surface area contributed by atoms with Crippen LogP contribution in [0, 0.1) is 0 Å². The molecule has 2 N–H and O–H groups in total. The van der Waals surface area contributed by atoms with Crippen molar-refractivity contribution in [2.45, 2.75) is 6.61 Å². The summed E-state index contributed by atoms with van der Waals surface area (Å²) < 4.78 is 7.14. The lowest BCUT2D eigenvalue weighted by Crippen LogP contribution is -2.02. The summed E-state index contributed by atoms with van der Waals surface area (Å²) in [6.45, 7) is 0.270. The summed E-state index contributed by atoms with van der Waals surface area (Å²) in [5.74, 6) is 1.31. The van der Waals surface area contributed by atoms with Gasteiger partial charge in [0.1, 0.15) is 12.4 Å². The largest absolute Gasteiger partial charge is 0.486 e. The van der Waals surface area contributed by atoms with E-state index >= 15 is 0 Å². The normalized spacial score (nSPS) is 10.9. The highest BCUT2D eigenvalue weighted by atomic mass is 35.5. The summed E-state index contributed by atoms with van der Waals surface area (Å²) >= 11 is 7.07. The predicted molar refractivity (Wildman–Crippen MR) is 68.9 cm³/mol. The van der Waals surface area contributed by atoms with Gasteiger partial charge in [-0.1, -0.05) is 22.9 Å². The van der Waals surface area contributed by atoms with Gasteiger partial charge in [0.2, 0.25) is 10.1 Å². The SMILES string of the molecule is Nc1nn2c(COc3ccc(Cl)cc3)nnc2s1. The Morgan fingerprint density at radius 1 is 1.28 bits per heavy atom. The lowest BCUT2D eigenvalue weighted by atomic mass is 10.3. The van der Waals surface area contributed by atoms with Crippen LogP contribution in [0.15, 0.2) is 24.3 Å². The lowest BCUT2D eigenvalue weighted by Gasteiger charge is -2.03. The Bertz CT molecular complexity index is 677. The molecule has 0 radical (unpaired) electrons. The van der Waals surface area contributed by atoms with Crippen molar-refractivity contribution in [3.05, 3.63) is 35.1 Å². The number of fused-ring (bicyclic) bond motifs is 1. The number of hydrogen-bond acceptors (Lipinski definition) is 6. The average Bonchev–Trinajstić information content (AvgIpc) is 2.88. The zero-order valence-corrected chi connectivity index (χ0v) is 10.6. The van der Waals surface area contributed by atoms with E-state index in [-0.39, 0.29) is 6.61 Å². The summed E-state index contributed by atoms with van der Waals surface area (Å²) in [7, 11) is 0. The molecule has 6 nitrogen and oxygen atoms in total. The highest BCUT2D eigenvalue weighted by molar-refractivity contribution is 7.20. The lowest BCUT2D eigenvalue weighted by molar-refractivity contribution is 0.293. The number of aromatic nitrogens is 4. The van der Waals surface area contributed by atoms with E-state index in [1.165, 1.54) is 11.3 Å². The third-order valence-electron chi connectivity index (χ3n) is 2.25. The number of nitrogens with two attached hydrogens (primary N) is 1. The molecule has 0 aliphatic heterocycles. The van der Waals surface area contributed by atoms with Crippen molar-refractivity contribution >= 4 is 33.0 Å². The van der Waals surface area contributed by atoms with Gasteiger partial charge < -0.3 is 10.5 Å². The fourth-order valence-electron chi connectivity index (χ4n) is 1.44. The Labute approximate surface area is 111 Å². The predicted octanol–water partition coefficient (Wildman–Crippen LogP) is 2.00. The third kappa shape index (κ3) is 2.09. The molecular weight excluding hydrogens is 274 g/mol. The van der Waals surface area contributed by atoms with E-state index in [0.29, 0.717) is 26.7 Å². The van der Waals surface area contributed by atoms with Crippen LogP contribution in [0.1, 0.15) is 5.82 Å². The molecule has 2 heterocycles.